The second-order valence-electron chi connectivity index (χ2n) is 3.29. The summed E-state index contributed by atoms with van der Waals surface area (Å²) in [5, 5.41) is 18.6. The molecule has 2 N–H and O–H groups in total. The van der Waals surface area contributed by atoms with Gasteiger partial charge in [-0.2, -0.15) is 0 Å². The number of rotatable bonds is 5. The van der Waals surface area contributed by atoms with E-state index in [0.717, 1.165) is 11.8 Å². The number of carboxylic acids is 2. The van der Waals surface area contributed by atoms with Gasteiger partial charge in [-0.3, -0.25) is 0 Å². The molecule has 0 radical (unpaired) electrons. The van der Waals surface area contributed by atoms with E-state index in [-0.39, 0.29) is 11.1 Å². The Morgan fingerprint density at radius 2 is 1.94 bits per heavy atom. The van der Waals surface area contributed by atoms with E-state index in [9.17, 15) is 9.59 Å². The fraction of sp³-hybridized carbons (Fsp3) is 0.167. The van der Waals surface area contributed by atoms with Gasteiger partial charge in [0.05, 0.1) is 11.1 Å². The highest BCUT2D eigenvalue weighted by Crippen LogP contribution is 2.15. The first-order valence-electron chi connectivity index (χ1n) is 4.89. The summed E-state index contributed by atoms with van der Waals surface area (Å²) < 4.78 is 0. The van der Waals surface area contributed by atoms with Crippen LogP contribution < -0.4 is 0 Å². The molecule has 1 aromatic rings. The summed E-state index contributed by atoms with van der Waals surface area (Å²) in [6.45, 7) is 0. The molecular weight excluding hydrogens is 288 g/mol. The van der Waals surface area contributed by atoms with Crippen LogP contribution in [0.15, 0.2) is 24.3 Å². The van der Waals surface area contributed by atoms with Crippen LogP contribution in [0.5, 0.6) is 0 Å². The Hall–Kier alpha value is -1.62. The topological polar surface area (TPSA) is 74.6 Å². The highest BCUT2D eigenvalue weighted by atomic mass is 79.9. The van der Waals surface area contributed by atoms with Crippen LogP contribution in [-0.2, 0) is 0 Å². The lowest BCUT2D eigenvalue weighted by molar-refractivity contribution is 0.0695. The van der Waals surface area contributed by atoms with Gasteiger partial charge in [0.2, 0.25) is 0 Å². The van der Waals surface area contributed by atoms with Crippen molar-refractivity contribution in [1.29, 1.82) is 0 Å². The summed E-state index contributed by atoms with van der Waals surface area (Å²) >= 11 is 3.26. The van der Waals surface area contributed by atoms with E-state index in [0.29, 0.717) is 5.56 Å². The fourth-order valence-corrected chi connectivity index (χ4v) is 1.56. The van der Waals surface area contributed by atoms with E-state index in [2.05, 4.69) is 15.9 Å². The summed E-state index contributed by atoms with van der Waals surface area (Å²) in [5.41, 5.74) is 0.471. The van der Waals surface area contributed by atoms with Crippen LogP contribution in [0.3, 0.4) is 0 Å². The van der Waals surface area contributed by atoms with Gasteiger partial charge in [0.15, 0.2) is 0 Å². The van der Waals surface area contributed by atoms with Gasteiger partial charge in [0.1, 0.15) is 0 Å². The molecule has 4 nitrogen and oxygen atoms in total. The van der Waals surface area contributed by atoms with E-state index >= 15 is 0 Å². The molecule has 0 amide bonds. The lowest BCUT2D eigenvalue weighted by Gasteiger charge is -2.02. The molecule has 0 fully saturated rings. The van der Waals surface area contributed by atoms with Crippen molar-refractivity contribution in [2.24, 2.45) is 0 Å². The summed E-state index contributed by atoms with van der Waals surface area (Å²) in [6, 6.07) is 4.05. The van der Waals surface area contributed by atoms with Gasteiger partial charge in [-0.25, -0.2) is 9.59 Å². The molecule has 0 aromatic heterocycles. The fourth-order valence-electron chi connectivity index (χ4n) is 1.29. The Morgan fingerprint density at radius 1 is 1.24 bits per heavy atom. The van der Waals surface area contributed by atoms with Gasteiger partial charge >= 0.3 is 11.9 Å². The number of alkyl halides is 1. The molecule has 0 bridgehead atoms. The molecule has 1 rings (SSSR count). The summed E-state index contributed by atoms with van der Waals surface area (Å²) in [7, 11) is 0. The maximum absolute atomic E-state index is 11.0. The van der Waals surface area contributed by atoms with Crippen molar-refractivity contribution in [1.82, 2.24) is 0 Å². The number of hydrogen-bond donors (Lipinski definition) is 2. The quantitative estimate of drug-likeness (QED) is 0.820. The first kappa shape index (κ1) is 13.4. The zero-order valence-electron chi connectivity index (χ0n) is 8.89. The zero-order valence-corrected chi connectivity index (χ0v) is 10.5. The lowest BCUT2D eigenvalue weighted by atomic mass is 10.0. The molecule has 0 saturated heterocycles. The third kappa shape index (κ3) is 3.71. The Labute approximate surface area is 107 Å². The summed E-state index contributed by atoms with van der Waals surface area (Å²) in [5.74, 6) is -2.27. The van der Waals surface area contributed by atoms with Crippen molar-refractivity contribution < 1.29 is 19.8 Å². The number of hydrogen-bond acceptors (Lipinski definition) is 2. The monoisotopic (exact) mass is 298 g/mol. The molecule has 5 heteroatoms. The van der Waals surface area contributed by atoms with E-state index in [1.807, 2.05) is 6.08 Å². The lowest BCUT2D eigenvalue weighted by Crippen LogP contribution is -2.04. The van der Waals surface area contributed by atoms with Gasteiger partial charge in [0, 0.05) is 5.33 Å². The molecule has 0 aliphatic heterocycles. The van der Waals surface area contributed by atoms with Crippen LogP contribution >= 0.6 is 15.9 Å². The molecule has 0 unspecified atom stereocenters. The van der Waals surface area contributed by atoms with Crippen LogP contribution in [0.1, 0.15) is 32.7 Å². The minimum absolute atomic E-state index is 0.00396. The minimum atomic E-state index is -1.14. The predicted molar refractivity (Wildman–Crippen MR) is 67.8 cm³/mol. The molecular formula is C12H11BrO4. The molecule has 0 spiro atoms. The largest absolute Gasteiger partial charge is 0.478 e. The Balaban J connectivity index is 3.13. The number of carbonyl (C=O) groups is 2. The molecule has 0 atom stereocenters. The average Bonchev–Trinajstić information content (AvgIpc) is 2.29. The van der Waals surface area contributed by atoms with Crippen molar-refractivity contribution in [2.45, 2.75) is 6.42 Å². The van der Waals surface area contributed by atoms with E-state index in [1.165, 1.54) is 18.2 Å². The normalized spacial score (nSPS) is 10.6. The molecule has 0 heterocycles. The molecule has 0 saturated carbocycles. The van der Waals surface area contributed by atoms with E-state index < -0.39 is 11.9 Å². The smallest absolute Gasteiger partial charge is 0.336 e. The number of aromatic carboxylic acids is 2. The van der Waals surface area contributed by atoms with Crippen molar-refractivity contribution in [3.8, 4) is 0 Å². The minimum Gasteiger partial charge on any atom is -0.478 e. The Kier molecular flexibility index (Phi) is 4.90. The van der Waals surface area contributed by atoms with E-state index in [4.69, 9.17) is 10.2 Å². The number of halogens is 1. The Bertz CT molecular complexity index is 466. The van der Waals surface area contributed by atoms with Gasteiger partial charge in [-0.15, -0.1) is 0 Å². The second-order valence-corrected chi connectivity index (χ2v) is 4.09. The predicted octanol–water partition coefficient (Wildman–Crippen LogP) is 2.88. The van der Waals surface area contributed by atoms with Crippen LogP contribution in [0, 0.1) is 0 Å². The van der Waals surface area contributed by atoms with Crippen LogP contribution in [-0.4, -0.2) is 27.5 Å². The van der Waals surface area contributed by atoms with Crippen molar-refractivity contribution in [3.63, 3.8) is 0 Å². The molecule has 0 aliphatic rings. The maximum atomic E-state index is 11.0. The second kappa shape index (κ2) is 6.20. The number of carboxylic acid groups (broad SMARTS) is 2. The van der Waals surface area contributed by atoms with Crippen LogP contribution in [0.25, 0.3) is 6.08 Å². The van der Waals surface area contributed by atoms with Crippen LogP contribution in [0.2, 0.25) is 0 Å². The molecule has 1 aromatic carbocycles. The standard InChI is InChI=1S/C12H11BrO4/c13-6-2-1-3-8-4-5-9(11(14)15)7-10(8)12(16)17/h1,3-5,7H,2,6H2,(H,14,15)(H,16,17). The first-order chi connectivity index (χ1) is 8.06. The van der Waals surface area contributed by atoms with E-state index in [1.54, 1.807) is 6.08 Å². The summed E-state index contributed by atoms with van der Waals surface area (Å²) in [6.07, 6.45) is 4.28. The molecule has 0 aliphatic carbocycles. The maximum Gasteiger partial charge on any atom is 0.336 e. The van der Waals surface area contributed by atoms with Crippen molar-refractivity contribution in [3.05, 3.63) is 41.0 Å². The summed E-state index contributed by atoms with van der Waals surface area (Å²) in [4.78, 5) is 21.7. The average molecular weight is 299 g/mol. The van der Waals surface area contributed by atoms with Crippen molar-refractivity contribution >= 4 is 33.9 Å². The highest BCUT2D eigenvalue weighted by Gasteiger charge is 2.12. The van der Waals surface area contributed by atoms with Crippen LogP contribution in [0.4, 0.5) is 0 Å². The number of benzene rings is 1. The Morgan fingerprint density at radius 3 is 2.47 bits per heavy atom. The highest BCUT2D eigenvalue weighted by molar-refractivity contribution is 9.09. The SMILES string of the molecule is O=C(O)c1ccc(C=CCCBr)c(C(=O)O)c1. The zero-order chi connectivity index (χ0) is 12.8. The van der Waals surface area contributed by atoms with Gasteiger partial charge in [-0.05, 0) is 24.1 Å². The van der Waals surface area contributed by atoms with Gasteiger partial charge < -0.3 is 10.2 Å². The molecule has 17 heavy (non-hydrogen) atoms. The number of allylic oxidation sites excluding steroid dienone is 1. The molecule has 90 valence electrons. The third-order valence-corrected chi connectivity index (χ3v) is 2.56. The van der Waals surface area contributed by atoms with Crippen molar-refractivity contribution in [2.75, 3.05) is 5.33 Å². The van der Waals surface area contributed by atoms with Gasteiger partial charge in [0.25, 0.3) is 0 Å². The van der Waals surface area contributed by atoms with Gasteiger partial charge in [-0.1, -0.05) is 34.1 Å². The first-order valence-corrected chi connectivity index (χ1v) is 6.01. The third-order valence-electron chi connectivity index (χ3n) is 2.10.